The SMILES string of the molecule is Cl.Cl.Cl.O=C(O)C1CCCNC1. The zero-order valence-electron chi connectivity index (χ0n) is 6.49. The molecule has 1 rings (SSSR count). The first-order valence-electron chi connectivity index (χ1n) is 3.24. The molecule has 76 valence electrons. The Balaban J connectivity index is -0.000000270. The van der Waals surface area contributed by atoms with Crippen LogP contribution in [0.25, 0.3) is 0 Å². The Morgan fingerprint density at radius 1 is 1.33 bits per heavy atom. The molecule has 0 bridgehead atoms. The third-order valence-electron chi connectivity index (χ3n) is 1.65. The van der Waals surface area contributed by atoms with Crippen LogP contribution in [0.15, 0.2) is 0 Å². The molecule has 0 aliphatic carbocycles. The highest BCUT2D eigenvalue weighted by molar-refractivity contribution is 5.86. The van der Waals surface area contributed by atoms with Gasteiger partial charge in [0.15, 0.2) is 0 Å². The highest BCUT2D eigenvalue weighted by Crippen LogP contribution is 2.08. The Morgan fingerprint density at radius 3 is 2.17 bits per heavy atom. The van der Waals surface area contributed by atoms with Gasteiger partial charge in [0.05, 0.1) is 5.92 Å². The van der Waals surface area contributed by atoms with E-state index in [1.54, 1.807) is 0 Å². The van der Waals surface area contributed by atoms with E-state index in [-0.39, 0.29) is 43.1 Å². The highest BCUT2D eigenvalue weighted by Gasteiger charge is 2.18. The number of aliphatic carboxylic acids is 1. The van der Waals surface area contributed by atoms with Crippen LogP contribution >= 0.6 is 37.2 Å². The van der Waals surface area contributed by atoms with Crippen molar-refractivity contribution in [1.29, 1.82) is 0 Å². The van der Waals surface area contributed by atoms with Crippen molar-refractivity contribution in [3.05, 3.63) is 0 Å². The largest absolute Gasteiger partial charge is 0.481 e. The zero-order valence-corrected chi connectivity index (χ0v) is 8.94. The van der Waals surface area contributed by atoms with Crippen LogP contribution in [0.4, 0.5) is 0 Å². The molecule has 1 aliphatic rings. The van der Waals surface area contributed by atoms with Crippen LogP contribution in [0.5, 0.6) is 0 Å². The smallest absolute Gasteiger partial charge is 0.307 e. The van der Waals surface area contributed by atoms with E-state index in [1.807, 2.05) is 0 Å². The summed E-state index contributed by atoms with van der Waals surface area (Å²) >= 11 is 0. The molecule has 0 aromatic carbocycles. The van der Waals surface area contributed by atoms with Gasteiger partial charge in [-0.3, -0.25) is 4.79 Å². The van der Waals surface area contributed by atoms with Crippen LogP contribution in [-0.4, -0.2) is 24.2 Å². The summed E-state index contributed by atoms with van der Waals surface area (Å²) in [5.74, 6) is -0.805. The van der Waals surface area contributed by atoms with Crippen LogP contribution in [0.3, 0.4) is 0 Å². The van der Waals surface area contributed by atoms with Gasteiger partial charge in [-0.2, -0.15) is 0 Å². The van der Waals surface area contributed by atoms with Gasteiger partial charge in [-0.25, -0.2) is 0 Å². The normalized spacial score (nSPS) is 20.8. The van der Waals surface area contributed by atoms with Crippen molar-refractivity contribution in [3.63, 3.8) is 0 Å². The standard InChI is InChI=1S/C6H11NO2.3ClH/c8-6(9)5-2-1-3-7-4-5;;;/h5,7H,1-4H2,(H,8,9);3*1H. The van der Waals surface area contributed by atoms with Crippen LogP contribution in [0, 0.1) is 5.92 Å². The minimum absolute atomic E-state index is 0. The van der Waals surface area contributed by atoms with E-state index in [9.17, 15) is 4.79 Å². The van der Waals surface area contributed by atoms with Gasteiger partial charge >= 0.3 is 5.97 Å². The summed E-state index contributed by atoms with van der Waals surface area (Å²) < 4.78 is 0. The summed E-state index contributed by atoms with van der Waals surface area (Å²) in [7, 11) is 0. The molecule has 1 heterocycles. The minimum Gasteiger partial charge on any atom is -0.481 e. The van der Waals surface area contributed by atoms with Crippen LogP contribution in [0.1, 0.15) is 12.8 Å². The van der Waals surface area contributed by atoms with E-state index in [2.05, 4.69) is 5.32 Å². The highest BCUT2D eigenvalue weighted by atomic mass is 35.5. The van der Waals surface area contributed by atoms with Crippen molar-refractivity contribution in [2.24, 2.45) is 5.92 Å². The summed E-state index contributed by atoms with van der Waals surface area (Å²) in [6.07, 6.45) is 1.83. The first-order valence-corrected chi connectivity index (χ1v) is 3.24. The molecule has 0 aromatic rings. The number of hydrogen-bond acceptors (Lipinski definition) is 2. The van der Waals surface area contributed by atoms with Gasteiger partial charge in [-0.15, -0.1) is 37.2 Å². The molecule has 6 heteroatoms. The Kier molecular flexibility index (Phi) is 14.2. The van der Waals surface area contributed by atoms with Crippen molar-refractivity contribution in [3.8, 4) is 0 Å². The molecule has 0 aromatic heterocycles. The molecule has 1 unspecified atom stereocenters. The lowest BCUT2D eigenvalue weighted by Gasteiger charge is -2.18. The number of rotatable bonds is 1. The third kappa shape index (κ3) is 5.89. The molecule has 2 N–H and O–H groups in total. The number of carboxylic acids is 1. The van der Waals surface area contributed by atoms with E-state index in [0.717, 1.165) is 19.4 Å². The lowest BCUT2D eigenvalue weighted by Crippen LogP contribution is -2.34. The molecule has 1 fully saturated rings. The summed E-state index contributed by atoms with van der Waals surface area (Å²) in [6.45, 7) is 1.62. The van der Waals surface area contributed by atoms with Crippen molar-refractivity contribution >= 4 is 43.2 Å². The van der Waals surface area contributed by atoms with Crippen molar-refractivity contribution in [2.75, 3.05) is 13.1 Å². The van der Waals surface area contributed by atoms with Crippen molar-refractivity contribution in [1.82, 2.24) is 5.32 Å². The minimum atomic E-state index is -0.665. The van der Waals surface area contributed by atoms with E-state index in [0.29, 0.717) is 6.54 Å². The van der Waals surface area contributed by atoms with Gasteiger partial charge in [-0.05, 0) is 19.4 Å². The van der Waals surface area contributed by atoms with Crippen LogP contribution in [0.2, 0.25) is 0 Å². The first-order chi connectivity index (χ1) is 4.30. The number of hydrogen-bond donors (Lipinski definition) is 2. The zero-order chi connectivity index (χ0) is 6.69. The van der Waals surface area contributed by atoms with Crippen LogP contribution < -0.4 is 5.32 Å². The Morgan fingerprint density at radius 2 is 1.92 bits per heavy atom. The molecular weight excluding hydrogens is 224 g/mol. The monoisotopic (exact) mass is 237 g/mol. The maximum Gasteiger partial charge on any atom is 0.307 e. The number of nitrogens with one attached hydrogen (secondary N) is 1. The molecule has 1 aliphatic heterocycles. The van der Waals surface area contributed by atoms with E-state index < -0.39 is 5.97 Å². The molecule has 0 radical (unpaired) electrons. The number of carbonyl (C=O) groups is 1. The average molecular weight is 239 g/mol. The number of piperidine rings is 1. The van der Waals surface area contributed by atoms with Gasteiger partial charge < -0.3 is 10.4 Å². The Bertz CT molecular complexity index is 117. The van der Waals surface area contributed by atoms with Crippen LogP contribution in [-0.2, 0) is 4.79 Å². The Hall–Kier alpha value is 0.300. The lowest BCUT2D eigenvalue weighted by molar-refractivity contribution is -0.142. The van der Waals surface area contributed by atoms with Gasteiger partial charge in [0, 0.05) is 6.54 Å². The predicted molar refractivity (Wildman–Crippen MR) is 55.0 cm³/mol. The van der Waals surface area contributed by atoms with Crippen molar-refractivity contribution in [2.45, 2.75) is 12.8 Å². The second kappa shape index (κ2) is 9.39. The number of halogens is 3. The fraction of sp³-hybridized carbons (Fsp3) is 0.833. The summed E-state index contributed by atoms with van der Waals surface area (Å²) in [6, 6.07) is 0. The van der Waals surface area contributed by atoms with Gasteiger partial charge in [0.1, 0.15) is 0 Å². The molecule has 1 saturated heterocycles. The maximum atomic E-state index is 10.3. The molecule has 0 spiro atoms. The molecule has 3 nitrogen and oxygen atoms in total. The predicted octanol–water partition coefficient (Wildman–Crippen LogP) is 1.34. The average Bonchev–Trinajstić information content (AvgIpc) is 1.90. The van der Waals surface area contributed by atoms with Gasteiger partial charge in [0.2, 0.25) is 0 Å². The quantitative estimate of drug-likeness (QED) is 0.725. The maximum absolute atomic E-state index is 10.3. The lowest BCUT2D eigenvalue weighted by atomic mass is 10.0. The number of carboxylic acid groups (broad SMARTS) is 1. The van der Waals surface area contributed by atoms with Gasteiger partial charge in [0.25, 0.3) is 0 Å². The molecule has 12 heavy (non-hydrogen) atoms. The molecular formula is C6H14Cl3NO2. The summed E-state index contributed by atoms with van der Waals surface area (Å²) in [4.78, 5) is 10.3. The van der Waals surface area contributed by atoms with Gasteiger partial charge in [-0.1, -0.05) is 0 Å². The molecule has 0 amide bonds. The third-order valence-corrected chi connectivity index (χ3v) is 1.65. The van der Waals surface area contributed by atoms with E-state index in [1.165, 1.54) is 0 Å². The topological polar surface area (TPSA) is 49.3 Å². The second-order valence-corrected chi connectivity index (χ2v) is 2.38. The van der Waals surface area contributed by atoms with E-state index >= 15 is 0 Å². The second-order valence-electron chi connectivity index (χ2n) is 2.38. The van der Waals surface area contributed by atoms with E-state index in [4.69, 9.17) is 5.11 Å². The molecule has 0 saturated carbocycles. The van der Waals surface area contributed by atoms with Crippen molar-refractivity contribution < 1.29 is 9.90 Å². The fourth-order valence-electron chi connectivity index (χ4n) is 1.06. The molecule has 1 atom stereocenters. The summed E-state index contributed by atoms with van der Waals surface area (Å²) in [5.41, 5.74) is 0. The Labute approximate surface area is 90.5 Å². The fourth-order valence-corrected chi connectivity index (χ4v) is 1.06. The first kappa shape index (κ1) is 18.2. The summed E-state index contributed by atoms with van der Waals surface area (Å²) in [5, 5.41) is 11.5.